The molecule has 0 aliphatic carbocycles. The molecule has 0 radical (unpaired) electrons. The third kappa shape index (κ3) is 4.20. The molecule has 106 valence electrons. The van der Waals surface area contributed by atoms with Crippen molar-refractivity contribution in [3.05, 3.63) is 52.2 Å². The number of benzene rings is 1. The third-order valence-electron chi connectivity index (χ3n) is 2.98. The number of aliphatic hydroxyl groups is 2. The molecule has 2 rings (SSSR count). The Hall–Kier alpha value is -1.62. The average molecular weight is 289 g/mol. The zero-order valence-corrected chi connectivity index (χ0v) is 12.1. The van der Waals surface area contributed by atoms with E-state index in [1.165, 1.54) is 4.88 Å². The Kier molecular flexibility index (Phi) is 5.80. The van der Waals surface area contributed by atoms with E-state index in [4.69, 9.17) is 10.2 Å². The fourth-order valence-corrected chi connectivity index (χ4v) is 2.59. The molecule has 0 unspecified atom stereocenters. The SMILES string of the molecule is OCCN(CCO)c1ccc(/C=C/c2cccs2)cc1. The van der Waals surface area contributed by atoms with E-state index >= 15 is 0 Å². The predicted octanol–water partition coefficient (Wildman–Crippen LogP) is 2.71. The first-order chi connectivity index (χ1) is 9.83. The van der Waals surface area contributed by atoms with Crippen molar-refractivity contribution in [2.45, 2.75) is 0 Å². The van der Waals surface area contributed by atoms with Crippen LogP contribution in [0.5, 0.6) is 0 Å². The van der Waals surface area contributed by atoms with Crippen molar-refractivity contribution in [1.29, 1.82) is 0 Å². The highest BCUT2D eigenvalue weighted by Gasteiger charge is 2.04. The predicted molar refractivity (Wildman–Crippen MR) is 86.1 cm³/mol. The van der Waals surface area contributed by atoms with Crippen molar-refractivity contribution in [2.75, 3.05) is 31.2 Å². The molecule has 0 bridgehead atoms. The molecular weight excluding hydrogens is 270 g/mol. The molecule has 0 atom stereocenters. The molecule has 1 aromatic carbocycles. The number of nitrogens with zero attached hydrogens (tertiary/aromatic N) is 1. The molecule has 4 heteroatoms. The Labute approximate surface area is 123 Å². The quantitative estimate of drug-likeness (QED) is 0.823. The fraction of sp³-hybridized carbons (Fsp3) is 0.250. The van der Waals surface area contributed by atoms with Crippen LogP contribution in [-0.2, 0) is 0 Å². The largest absolute Gasteiger partial charge is 0.395 e. The van der Waals surface area contributed by atoms with Gasteiger partial charge in [0.05, 0.1) is 13.2 Å². The van der Waals surface area contributed by atoms with E-state index in [1.807, 2.05) is 35.2 Å². The van der Waals surface area contributed by atoms with Crippen molar-refractivity contribution in [3.63, 3.8) is 0 Å². The van der Waals surface area contributed by atoms with Crippen LogP contribution in [0, 0.1) is 0 Å². The Bertz CT molecular complexity index is 514. The van der Waals surface area contributed by atoms with Crippen molar-refractivity contribution in [2.24, 2.45) is 0 Å². The molecule has 20 heavy (non-hydrogen) atoms. The van der Waals surface area contributed by atoms with Crippen LogP contribution in [0.4, 0.5) is 5.69 Å². The highest BCUT2D eigenvalue weighted by Crippen LogP contribution is 2.17. The zero-order chi connectivity index (χ0) is 14.2. The first-order valence-electron chi connectivity index (χ1n) is 6.62. The minimum Gasteiger partial charge on any atom is -0.395 e. The molecule has 0 amide bonds. The molecule has 0 fully saturated rings. The monoisotopic (exact) mass is 289 g/mol. The summed E-state index contributed by atoms with van der Waals surface area (Å²) in [5.41, 5.74) is 2.15. The Morgan fingerprint density at radius 2 is 1.65 bits per heavy atom. The summed E-state index contributed by atoms with van der Waals surface area (Å²) in [5.74, 6) is 0. The van der Waals surface area contributed by atoms with E-state index in [0.717, 1.165) is 11.3 Å². The summed E-state index contributed by atoms with van der Waals surface area (Å²) in [7, 11) is 0. The van der Waals surface area contributed by atoms with Crippen LogP contribution in [0.3, 0.4) is 0 Å². The van der Waals surface area contributed by atoms with Gasteiger partial charge in [-0.1, -0.05) is 24.3 Å². The molecule has 0 saturated carbocycles. The molecule has 3 nitrogen and oxygen atoms in total. The number of hydrogen-bond acceptors (Lipinski definition) is 4. The molecule has 2 aromatic rings. The molecule has 0 saturated heterocycles. The van der Waals surface area contributed by atoms with E-state index in [0.29, 0.717) is 13.1 Å². The minimum absolute atomic E-state index is 0.0834. The summed E-state index contributed by atoms with van der Waals surface area (Å²) >= 11 is 1.71. The van der Waals surface area contributed by atoms with Gasteiger partial charge in [0.2, 0.25) is 0 Å². The van der Waals surface area contributed by atoms with Crippen molar-refractivity contribution >= 4 is 29.2 Å². The van der Waals surface area contributed by atoms with Gasteiger partial charge in [-0.15, -0.1) is 11.3 Å². The number of aliphatic hydroxyl groups excluding tert-OH is 2. The summed E-state index contributed by atoms with van der Waals surface area (Å²) in [6.07, 6.45) is 4.18. The van der Waals surface area contributed by atoms with E-state index < -0.39 is 0 Å². The maximum absolute atomic E-state index is 9.04. The van der Waals surface area contributed by atoms with Gasteiger partial charge in [0.15, 0.2) is 0 Å². The summed E-state index contributed by atoms with van der Waals surface area (Å²) < 4.78 is 0. The fourth-order valence-electron chi connectivity index (χ4n) is 1.97. The highest BCUT2D eigenvalue weighted by molar-refractivity contribution is 7.10. The summed E-state index contributed by atoms with van der Waals surface area (Å²) in [4.78, 5) is 3.20. The number of rotatable bonds is 7. The maximum Gasteiger partial charge on any atom is 0.0606 e. The second-order valence-electron chi connectivity index (χ2n) is 4.37. The second kappa shape index (κ2) is 7.85. The standard InChI is InChI=1S/C16H19NO2S/c18-11-9-17(10-12-19)15-6-3-14(4-7-15)5-8-16-2-1-13-20-16/h1-8,13,18-19H,9-12H2/b8-5+. The van der Waals surface area contributed by atoms with E-state index in [9.17, 15) is 0 Å². The molecular formula is C16H19NO2S. The van der Waals surface area contributed by atoms with Crippen LogP contribution in [-0.4, -0.2) is 36.5 Å². The first-order valence-corrected chi connectivity index (χ1v) is 7.50. The van der Waals surface area contributed by atoms with Gasteiger partial charge >= 0.3 is 0 Å². The van der Waals surface area contributed by atoms with E-state index in [2.05, 4.69) is 23.6 Å². The Balaban J connectivity index is 2.05. The number of hydrogen-bond donors (Lipinski definition) is 2. The lowest BCUT2D eigenvalue weighted by Crippen LogP contribution is -2.29. The molecule has 0 aliphatic heterocycles. The van der Waals surface area contributed by atoms with Gasteiger partial charge in [-0.25, -0.2) is 0 Å². The van der Waals surface area contributed by atoms with Gasteiger partial charge in [-0.3, -0.25) is 0 Å². The van der Waals surface area contributed by atoms with Gasteiger partial charge in [-0.05, 0) is 35.2 Å². The molecule has 2 N–H and O–H groups in total. The van der Waals surface area contributed by atoms with Gasteiger partial charge in [0.1, 0.15) is 0 Å². The van der Waals surface area contributed by atoms with E-state index in [1.54, 1.807) is 11.3 Å². The second-order valence-corrected chi connectivity index (χ2v) is 5.35. The normalized spacial score (nSPS) is 11.1. The van der Waals surface area contributed by atoms with Gasteiger partial charge in [0, 0.05) is 23.7 Å². The first kappa shape index (κ1) is 14.8. The molecule has 0 spiro atoms. The number of thiophene rings is 1. The summed E-state index contributed by atoms with van der Waals surface area (Å²) in [5, 5.41) is 20.1. The van der Waals surface area contributed by atoms with Crippen LogP contribution in [0.25, 0.3) is 12.2 Å². The van der Waals surface area contributed by atoms with Crippen molar-refractivity contribution < 1.29 is 10.2 Å². The lowest BCUT2D eigenvalue weighted by molar-refractivity contribution is 0.281. The van der Waals surface area contributed by atoms with Crippen molar-refractivity contribution in [1.82, 2.24) is 0 Å². The lowest BCUT2D eigenvalue weighted by atomic mass is 10.1. The zero-order valence-electron chi connectivity index (χ0n) is 11.3. The smallest absolute Gasteiger partial charge is 0.0606 e. The van der Waals surface area contributed by atoms with Crippen LogP contribution in [0.2, 0.25) is 0 Å². The summed E-state index contributed by atoms with van der Waals surface area (Å²) in [6, 6.07) is 12.2. The van der Waals surface area contributed by atoms with Crippen LogP contribution < -0.4 is 4.90 Å². The van der Waals surface area contributed by atoms with Gasteiger partial charge in [-0.2, -0.15) is 0 Å². The minimum atomic E-state index is 0.0834. The topological polar surface area (TPSA) is 43.7 Å². The average Bonchev–Trinajstić information content (AvgIpc) is 2.99. The molecule has 0 aliphatic rings. The molecule has 1 aromatic heterocycles. The van der Waals surface area contributed by atoms with Gasteiger partial charge in [0.25, 0.3) is 0 Å². The lowest BCUT2D eigenvalue weighted by Gasteiger charge is -2.22. The van der Waals surface area contributed by atoms with Crippen LogP contribution in [0.1, 0.15) is 10.4 Å². The number of anilines is 1. The highest BCUT2D eigenvalue weighted by atomic mass is 32.1. The summed E-state index contributed by atoms with van der Waals surface area (Å²) in [6.45, 7) is 1.23. The van der Waals surface area contributed by atoms with Crippen molar-refractivity contribution in [3.8, 4) is 0 Å². The molecule has 1 heterocycles. The van der Waals surface area contributed by atoms with Crippen LogP contribution >= 0.6 is 11.3 Å². The van der Waals surface area contributed by atoms with Crippen LogP contribution in [0.15, 0.2) is 41.8 Å². The maximum atomic E-state index is 9.04. The third-order valence-corrected chi connectivity index (χ3v) is 3.82. The Morgan fingerprint density at radius 3 is 2.20 bits per heavy atom. The van der Waals surface area contributed by atoms with E-state index in [-0.39, 0.29) is 13.2 Å². The Morgan fingerprint density at radius 1 is 0.950 bits per heavy atom. The van der Waals surface area contributed by atoms with Gasteiger partial charge < -0.3 is 15.1 Å².